The van der Waals surface area contributed by atoms with Gasteiger partial charge in [-0.1, -0.05) is 22.0 Å². The molecule has 4 nitrogen and oxygen atoms in total. The SMILES string of the molecule is Oc1ccc2c(c1)CCC(NCc1cnc3cc(Br)ccn13)C2. The van der Waals surface area contributed by atoms with Crippen LogP contribution >= 0.6 is 15.9 Å². The van der Waals surface area contributed by atoms with Crippen molar-refractivity contribution in [2.45, 2.75) is 31.8 Å². The monoisotopic (exact) mass is 371 g/mol. The van der Waals surface area contributed by atoms with Gasteiger partial charge in [-0.25, -0.2) is 4.98 Å². The molecule has 1 aliphatic rings. The van der Waals surface area contributed by atoms with Crippen LogP contribution in [0.1, 0.15) is 23.2 Å². The zero-order chi connectivity index (χ0) is 15.8. The number of hydrogen-bond acceptors (Lipinski definition) is 3. The molecule has 0 bridgehead atoms. The van der Waals surface area contributed by atoms with Crippen LogP contribution in [0, 0.1) is 0 Å². The van der Waals surface area contributed by atoms with Crippen molar-refractivity contribution in [1.82, 2.24) is 14.7 Å². The number of imidazole rings is 1. The highest BCUT2D eigenvalue weighted by molar-refractivity contribution is 9.10. The smallest absolute Gasteiger partial charge is 0.138 e. The molecule has 0 spiro atoms. The first kappa shape index (κ1) is 14.7. The number of phenols is 1. The van der Waals surface area contributed by atoms with E-state index in [1.807, 2.05) is 36.7 Å². The molecule has 4 rings (SSSR count). The predicted molar refractivity (Wildman–Crippen MR) is 93.7 cm³/mol. The second-order valence-electron chi connectivity index (χ2n) is 6.10. The van der Waals surface area contributed by atoms with Crippen molar-refractivity contribution in [3.05, 3.63) is 64.0 Å². The van der Waals surface area contributed by atoms with Gasteiger partial charge in [-0.2, -0.15) is 0 Å². The summed E-state index contributed by atoms with van der Waals surface area (Å²) in [4.78, 5) is 4.45. The number of aryl methyl sites for hydroxylation is 1. The van der Waals surface area contributed by atoms with Gasteiger partial charge in [0.1, 0.15) is 11.4 Å². The summed E-state index contributed by atoms with van der Waals surface area (Å²) >= 11 is 3.48. The highest BCUT2D eigenvalue weighted by atomic mass is 79.9. The van der Waals surface area contributed by atoms with Crippen LogP contribution in [0.15, 0.2) is 47.2 Å². The van der Waals surface area contributed by atoms with Gasteiger partial charge < -0.3 is 14.8 Å². The average molecular weight is 372 g/mol. The van der Waals surface area contributed by atoms with Crippen LogP contribution in [0.25, 0.3) is 5.65 Å². The zero-order valence-electron chi connectivity index (χ0n) is 12.7. The molecule has 1 aliphatic carbocycles. The number of nitrogens with one attached hydrogen (secondary N) is 1. The van der Waals surface area contributed by atoms with E-state index in [4.69, 9.17) is 0 Å². The molecule has 5 heteroatoms. The molecule has 118 valence electrons. The molecular weight excluding hydrogens is 354 g/mol. The molecule has 1 atom stereocenters. The fourth-order valence-electron chi connectivity index (χ4n) is 3.30. The molecule has 0 fully saturated rings. The third-order valence-corrected chi connectivity index (χ3v) is 5.04. The molecule has 3 aromatic rings. The number of aromatic nitrogens is 2. The standard InChI is InChI=1S/C18H18BrN3O/c19-14-5-6-22-16(11-21-18(22)9-14)10-20-15-3-1-13-8-17(23)4-2-12(13)7-15/h2,4-6,8-9,11,15,20,23H,1,3,7,10H2. The van der Waals surface area contributed by atoms with Gasteiger partial charge >= 0.3 is 0 Å². The van der Waals surface area contributed by atoms with E-state index in [-0.39, 0.29) is 0 Å². The van der Waals surface area contributed by atoms with Gasteiger partial charge in [0.25, 0.3) is 0 Å². The number of pyridine rings is 1. The molecule has 0 saturated heterocycles. The minimum Gasteiger partial charge on any atom is -0.508 e. The van der Waals surface area contributed by atoms with Crippen LogP contribution < -0.4 is 5.32 Å². The third kappa shape index (κ3) is 2.99. The Bertz CT molecular complexity index is 859. The summed E-state index contributed by atoms with van der Waals surface area (Å²) < 4.78 is 3.16. The van der Waals surface area contributed by atoms with Crippen LogP contribution in [0.4, 0.5) is 0 Å². The summed E-state index contributed by atoms with van der Waals surface area (Å²) in [5, 5.41) is 13.2. The molecular formula is C18H18BrN3O. The third-order valence-electron chi connectivity index (χ3n) is 4.54. The number of aromatic hydroxyl groups is 1. The van der Waals surface area contributed by atoms with Crippen molar-refractivity contribution in [3.63, 3.8) is 0 Å². The van der Waals surface area contributed by atoms with Crippen LogP contribution in [0.5, 0.6) is 5.75 Å². The Morgan fingerprint density at radius 3 is 3.09 bits per heavy atom. The number of fused-ring (bicyclic) bond motifs is 2. The van der Waals surface area contributed by atoms with Gasteiger partial charge in [-0.3, -0.25) is 0 Å². The topological polar surface area (TPSA) is 49.6 Å². The van der Waals surface area contributed by atoms with E-state index < -0.39 is 0 Å². The van der Waals surface area contributed by atoms with Crippen molar-refractivity contribution in [3.8, 4) is 5.75 Å². The summed E-state index contributed by atoms with van der Waals surface area (Å²) in [5.74, 6) is 0.368. The predicted octanol–water partition coefficient (Wildman–Crippen LogP) is 3.45. The lowest BCUT2D eigenvalue weighted by atomic mass is 9.88. The van der Waals surface area contributed by atoms with Crippen molar-refractivity contribution >= 4 is 21.6 Å². The van der Waals surface area contributed by atoms with Crippen molar-refractivity contribution in [1.29, 1.82) is 0 Å². The zero-order valence-corrected chi connectivity index (χ0v) is 14.3. The molecule has 23 heavy (non-hydrogen) atoms. The molecule has 0 saturated carbocycles. The first-order chi connectivity index (χ1) is 11.2. The lowest BCUT2D eigenvalue weighted by Gasteiger charge is -2.25. The fraction of sp³-hybridized carbons (Fsp3) is 0.278. The van der Waals surface area contributed by atoms with Gasteiger partial charge in [-0.05, 0) is 54.7 Å². The summed E-state index contributed by atoms with van der Waals surface area (Å²) in [5.41, 5.74) is 4.75. The fourth-order valence-corrected chi connectivity index (χ4v) is 3.63. The minimum atomic E-state index is 0.368. The van der Waals surface area contributed by atoms with Crippen molar-refractivity contribution in [2.24, 2.45) is 0 Å². The average Bonchev–Trinajstić information content (AvgIpc) is 2.95. The number of nitrogens with zero attached hydrogens (tertiary/aromatic N) is 2. The molecule has 1 aromatic carbocycles. The normalized spacial score (nSPS) is 17.3. The van der Waals surface area contributed by atoms with Crippen LogP contribution in [0.3, 0.4) is 0 Å². The Balaban J connectivity index is 1.46. The van der Waals surface area contributed by atoms with Crippen LogP contribution in [0.2, 0.25) is 0 Å². The van der Waals surface area contributed by atoms with E-state index in [2.05, 4.69) is 30.6 Å². The molecule has 2 heterocycles. The maximum absolute atomic E-state index is 9.57. The van der Waals surface area contributed by atoms with Crippen molar-refractivity contribution < 1.29 is 5.11 Å². The molecule has 1 unspecified atom stereocenters. The quantitative estimate of drug-likeness (QED) is 0.741. The molecule has 0 aliphatic heterocycles. The lowest BCUT2D eigenvalue weighted by molar-refractivity contribution is 0.447. The number of rotatable bonds is 3. The Hall–Kier alpha value is -1.85. The lowest BCUT2D eigenvalue weighted by Crippen LogP contribution is -2.34. The number of hydrogen-bond donors (Lipinski definition) is 2. The first-order valence-electron chi connectivity index (χ1n) is 7.85. The Labute approximate surface area is 143 Å². The molecule has 2 aromatic heterocycles. The van der Waals surface area contributed by atoms with Gasteiger partial charge in [0.2, 0.25) is 0 Å². The van der Waals surface area contributed by atoms with E-state index in [9.17, 15) is 5.11 Å². The Morgan fingerprint density at radius 1 is 1.26 bits per heavy atom. The van der Waals surface area contributed by atoms with Gasteiger partial charge in [0, 0.05) is 23.3 Å². The molecule has 2 N–H and O–H groups in total. The van der Waals surface area contributed by atoms with Gasteiger partial charge in [0.15, 0.2) is 0 Å². The molecule has 0 amide bonds. The van der Waals surface area contributed by atoms with Crippen molar-refractivity contribution in [2.75, 3.05) is 0 Å². The summed E-state index contributed by atoms with van der Waals surface area (Å²) in [6, 6.07) is 10.2. The second kappa shape index (κ2) is 5.98. The van der Waals surface area contributed by atoms with E-state index in [0.29, 0.717) is 11.8 Å². The summed E-state index contributed by atoms with van der Waals surface area (Å²) in [6.45, 7) is 0.806. The summed E-state index contributed by atoms with van der Waals surface area (Å²) in [7, 11) is 0. The van der Waals surface area contributed by atoms with Gasteiger partial charge in [0.05, 0.1) is 11.9 Å². The second-order valence-corrected chi connectivity index (χ2v) is 7.01. The molecule has 0 radical (unpaired) electrons. The Morgan fingerprint density at radius 2 is 2.17 bits per heavy atom. The maximum atomic E-state index is 9.57. The Kier molecular flexibility index (Phi) is 3.83. The van der Waals surface area contributed by atoms with E-state index >= 15 is 0 Å². The minimum absolute atomic E-state index is 0.368. The largest absolute Gasteiger partial charge is 0.508 e. The maximum Gasteiger partial charge on any atom is 0.138 e. The summed E-state index contributed by atoms with van der Waals surface area (Å²) in [6.07, 6.45) is 7.10. The highest BCUT2D eigenvalue weighted by Crippen LogP contribution is 2.25. The highest BCUT2D eigenvalue weighted by Gasteiger charge is 2.18. The van der Waals surface area contributed by atoms with E-state index in [1.54, 1.807) is 6.07 Å². The van der Waals surface area contributed by atoms with Gasteiger partial charge in [-0.15, -0.1) is 0 Å². The van der Waals surface area contributed by atoms with E-state index in [1.165, 1.54) is 16.8 Å². The number of benzene rings is 1. The van der Waals surface area contributed by atoms with E-state index in [0.717, 1.165) is 35.9 Å². The van der Waals surface area contributed by atoms with Crippen LogP contribution in [-0.4, -0.2) is 20.5 Å². The number of halogens is 1. The number of phenolic OH excluding ortho intramolecular Hbond substituents is 1. The first-order valence-corrected chi connectivity index (χ1v) is 8.64. The van der Waals surface area contributed by atoms with Crippen LogP contribution in [-0.2, 0) is 19.4 Å².